The van der Waals surface area contributed by atoms with Crippen LogP contribution in [0, 0.1) is 11.3 Å². The summed E-state index contributed by atoms with van der Waals surface area (Å²) in [4.78, 5) is 19.5. The number of benzene rings is 6. The fourth-order valence-corrected chi connectivity index (χ4v) is 7.31. The van der Waals surface area contributed by atoms with Gasteiger partial charge in [-0.1, -0.05) is 97.1 Å². The minimum atomic E-state index is 0.594. The maximum absolute atomic E-state index is 9.45. The van der Waals surface area contributed by atoms with Gasteiger partial charge in [0.25, 0.3) is 0 Å². The predicted octanol–water partition coefficient (Wildman–Crippen LogP) is 11.1. The minimum Gasteiger partial charge on any atom is -0.254 e. The molecule has 0 aliphatic heterocycles. The summed E-state index contributed by atoms with van der Waals surface area (Å²) in [7, 11) is 0. The van der Waals surface area contributed by atoms with Gasteiger partial charge in [0.2, 0.25) is 0 Å². The first kappa shape index (κ1) is 28.0. The molecule has 0 radical (unpaired) electrons. The van der Waals surface area contributed by atoms with Gasteiger partial charge >= 0.3 is 0 Å². The van der Waals surface area contributed by atoms with Crippen molar-refractivity contribution in [3.63, 3.8) is 0 Å². The number of hydrogen-bond donors (Lipinski definition) is 0. The van der Waals surface area contributed by atoms with Crippen molar-refractivity contribution in [3.05, 3.63) is 157 Å². The minimum absolute atomic E-state index is 0.594. The van der Waals surface area contributed by atoms with E-state index in [9.17, 15) is 5.26 Å². The third kappa shape index (κ3) is 4.40. The van der Waals surface area contributed by atoms with Crippen molar-refractivity contribution in [2.24, 2.45) is 0 Å². The van der Waals surface area contributed by atoms with E-state index in [1.807, 2.05) is 42.7 Å². The number of pyridine rings is 4. The highest BCUT2D eigenvalue weighted by molar-refractivity contribution is 6.16. The van der Waals surface area contributed by atoms with Crippen LogP contribution in [0.25, 0.3) is 98.8 Å². The van der Waals surface area contributed by atoms with E-state index >= 15 is 0 Å². The number of nitrogens with zero attached hydrogens (tertiary/aromatic N) is 5. The van der Waals surface area contributed by atoms with E-state index in [2.05, 4.69) is 120 Å². The van der Waals surface area contributed by atoms with Crippen molar-refractivity contribution in [1.29, 1.82) is 5.26 Å². The van der Waals surface area contributed by atoms with Gasteiger partial charge in [0.15, 0.2) is 0 Å². The van der Waals surface area contributed by atoms with Gasteiger partial charge in [-0.25, -0.2) is 9.97 Å². The fraction of sp³-hybridized carbons (Fsp3) is 0. The Bertz CT molecular complexity index is 3050. The topological polar surface area (TPSA) is 75.3 Å². The Balaban J connectivity index is 1.10. The molecule has 5 heteroatoms. The van der Waals surface area contributed by atoms with E-state index in [1.165, 1.54) is 16.3 Å². The summed E-state index contributed by atoms with van der Waals surface area (Å²) in [6, 6.07) is 50.6. The highest BCUT2D eigenvalue weighted by atomic mass is 14.8. The molecule has 0 amide bonds. The zero-order valence-corrected chi connectivity index (χ0v) is 26.7. The Hall–Kier alpha value is -7.03. The maximum Gasteiger partial charge on any atom is 0.0992 e. The zero-order valence-electron chi connectivity index (χ0n) is 26.7. The standard InChI is InChI=1S/C45H25N5/c46-26-27-9-10-32-24-33-25-39(38-8-4-22-48-45(38)44(33)50-41(32)23-27)37-19-18-34(35-6-1-2-7-36(35)37)28-11-13-29(14-12-28)40-20-17-31-16-15-30-5-3-21-47-42(30)43(31)49-40/h1-25H. The van der Waals surface area contributed by atoms with Gasteiger partial charge < -0.3 is 0 Å². The summed E-state index contributed by atoms with van der Waals surface area (Å²) in [6.45, 7) is 0. The molecule has 0 atom stereocenters. The second kappa shape index (κ2) is 11.0. The second-order valence-electron chi connectivity index (χ2n) is 12.6. The van der Waals surface area contributed by atoms with E-state index in [-0.39, 0.29) is 0 Å². The van der Waals surface area contributed by atoms with Crippen LogP contribution < -0.4 is 0 Å². The van der Waals surface area contributed by atoms with Crippen molar-refractivity contribution >= 4 is 65.3 Å². The SMILES string of the molecule is N#Cc1ccc2cc3cc(-c4ccc(-c5ccc(-c6ccc7ccc8cccnc8c7n6)cc5)c5ccccc45)c4cccnc4c3nc2c1. The molecular weight excluding hydrogens is 611 g/mol. The fourth-order valence-electron chi connectivity index (χ4n) is 7.31. The van der Waals surface area contributed by atoms with Crippen LogP contribution in [0.3, 0.4) is 0 Å². The van der Waals surface area contributed by atoms with Crippen molar-refractivity contribution in [2.45, 2.75) is 0 Å². The van der Waals surface area contributed by atoms with E-state index in [4.69, 9.17) is 15.0 Å². The molecule has 0 unspecified atom stereocenters. The third-order valence-corrected chi connectivity index (χ3v) is 9.74. The van der Waals surface area contributed by atoms with Crippen LogP contribution in [-0.2, 0) is 0 Å². The molecule has 0 aliphatic carbocycles. The number of fused-ring (bicyclic) bond motifs is 8. The molecule has 0 bridgehead atoms. The Morgan fingerprint density at radius 2 is 1.08 bits per heavy atom. The quantitative estimate of drug-likeness (QED) is 0.143. The van der Waals surface area contributed by atoms with Gasteiger partial charge in [0.1, 0.15) is 0 Å². The molecule has 10 aromatic rings. The van der Waals surface area contributed by atoms with Crippen LogP contribution in [0.15, 0.2) is 152 Å². The summed E-state index contributed by atoms with van der Waals surface area (Å²) < 4.78 is 0. The lowest BCUT2D eigenvalue weighted by atomic mass is 9.89. The molecule has 50 heavy (non-hydrogen) atoms. The summed E-state index contributed by atoms with van der Waals surface area (Å²) in [6.07, 6.45) is 3.64. The normalized spacial score (nSPS) is 11.6. The molecule has 4 aromatic heterocycles. The molecule has 230 valence electrons. The predicted molar refractivity (Wildman–Crippen MR) is 204 cm³/mol. The van der Waals surface area contributed by atoms with E-state index in [0.29, 0.717) is 5.56 Å². The molecule has 0 saturated carbocycles. The van der Waals surface area contributed by atoms with Crippen LogP contribution in [-0.4, -0.2) is 19.9 Å². The van der Waals surface area contributed by atoms with Crippen molar-refractivity contribution in [3.8, 4) is 39.6 Å². The molecule has 6 aromatic carbocycles. The first-order chi connectivity index (χ1) is 24.7. The van der Waals surface area contributed by atoms with Gasteiger partial charge in [0.05, 0.1) is 44.9 Å². The average Bonchev–Trinajstić information content (AvgIpc) is 3.19. The molecule has 4 heterocycles. The van der Waals surface area contributed by atoms with Gasteiger partial charge in [-0.05, 0) is 75.5 Å². The Morgan fingerprint density at radius 1 is 0.420 bits per heavy atom. The number of rotatable bonds is 3. The number of hydrogen-bond acceptors (Lipinski definition) is 5. The lowest BCUT2D eigenvalue weighted by Gasteiger charge is -2.15. The molecule has 0 saturated heterocycles. The van der Waals surface area contributed by atoms with Gasteiger partial charge in [-0.15, -0.1) is 0 Å². The number of aromatic nitrogens is 4. The van der Waals surface area contributed by atoms with Crippen molar-refractivity contribution < 1.29 is 0 Å². The van der Waals surface area contributed by atoms with Crippen LogP contribution in [0.5, 0.6) is 0 Å². The largest absolute Gasteiger partial charge is 0.254 e. The van der Waals surface area contributed by atoms with Crippen LogP contribution in [0.1, 0.15) is 5.56 Å². The van der Waals surface area contributed by atoms with Gasteiger partial charge in [-0.2, -0.15) is 5.26 Å². The second-order valence-corrected chi connectivity index (χ2v) is 12.6. The summed E-state index contributed by atoms with van der Waals surface area (Å²) in [5.41, 5.74) is 11.4. The molecule has 10 rings (SSSR count). The highest BCUT2D eigenvalue weighted by Gasteiger charge is 2.16. The average molecular weight is 636 g/mol. The van der Waals surface area contributed by atoms with Crippen LogP contribution in [0.2, 0.25) is 0 Å². The number of nitriles is 1. The van der Waals surface area contributed by atoms with E-state index < -0.39 is 0 Å². The lowest BCUT2D eigenvalue weighted by molar-refractivity contribution is 1.37. The third-order valence-electron chi connectivity index (χ3n) is 9.74. The van der Waals surface area contributed by atoms with E-state index in [0.717, 1.165) is 82.5 Å². The molecular formula is C45H25N5. The van der Waals surface area contributed by atoms with Crippen molar-refractivity contribution in [1.82, 2.24) is 19.9 Å². The summed E-state index contributed by atoms with van der Waals surface area (Å²) >= 11 is 0. The maximum atomic E-state index is 9.45. The molecule has 0 fully saturated rings. The smallest absolute Gasteiger partial charge is 0.0992 e. The molecule has 0 N–H and O–H groups in total. The summed E-state index contributed by atoms with van der Waals surface area (Å²) in [5, 5.41) is 17.0. The Kier molecular flexibility index (Phi) is 6.17. The highest BCUT2D eigenvalue weighted by Crippen LogP contribution is 2.41. The van der Waals surface area contributed by atoms with Crippen LogP contribution in [0.4, 0.5) is 0 Å². The molecule has 0 spiro atoms. The Morgan fingerprint density at radius 3 is 1.92 bits per heavy atom. The van der Waals surface area contributed by atoms with Crippen molar-refractivity contribution in [2.75, 3.05) is 0 Å². The monoisotopic (exact) mass is 635 g/mol. The van der Waals surface area contributed by atoms with Gasteiger partial charge in [-0.3, -0.25) is 9.97 Å². The van der Waals surface area contributed by atoms with Crippen LogP contribution >= 0.6 is 0 Å². The lowest BCUT2D eigenvalue weighted by Crippen LogP contribution is -1.92. The first-order valence-corrected chi connectivity index (χ1v) is 16.5. The molecule has 5 nitrogen and oxygen atoms in total. The van der Waals surface area contributed by atoms with Gasteiger partial charge in [0, 0.05) is 44.9 Å². The molecule has 0 aliphatic rings. The first-order valence-electron chi connectivity index (χ1n) is 16.5. The zero-order chi connectivity index (χ0) is 33.2. The van der Waals surface area contributed by atoms with E-state index in [1.54, 1.807) is 0 Å². The summed E-state index contributed by atoms with van der Waals surface area (Å²) in [5.74, 6) is 0. The Labute approximate surface area is 286 Å².